The molecule has 2 heterocycles. The van der Waals surface area contributed by atoms with E-state index in [9.17, 15) is 13.2 Å². The minimum absolute atomic E-state index is 0.00437. The van der Waals surface area contributed by atoms with Gasteiger partial charge in [-0.3, -0.25) is 0 Å². The number of alkyl halides is 3. The first kappa shape index (κ1) is 17.2. The Morgan fingerprint density at radius 1 is 1.27 bits per heavy atom. The van der Waals surface area contributed by atoms with Crippen LogP contribution >= 0.6 is 11.6 Å². The van der Waals surface area contributed by atoms with Gasteiger partial charge in [-0.1, -0.05) is 31.2 Å². The number of aromatic nitrogens is 3. The van der Waals surface area contributed by atoms with Crippen molar-refractivity contribution in [3.05, 3.63) is 23.2 Å². The van der Waals surface area contributed by atoms with Gasteiger partial charge in [0.2, 0.25) is 0 Å². The molecule has 9 heteroatoms. The molecule has 0 bridgehead atoms. The maximum absolute atomic E-state index is 13.1. The van der Waals surface area contributed by atoms with E-state index in [1.807, 2.05) is 0 Å². The molecule has 0 saturated carbocycles. The topological polar surface area (TPSA) is 39.9 Å². The van der Waals surface area contributed by atoms with Gasteiger partial charge in [0.05, 0.1) is 10.9 Å². The molecular weight excluding hydrogens is 335 g/mol. The van der Waals surface area contributed by atoms with Gasteiger partial charge >= 0.3 is 6.18 Å². The van der Waals surface area contributed by atoms with Gasteiger partial charge in [-0.2, -0.15) is 13.2 Å². The first-order valence-electron chi connectivity index (χ1n) is 6.74. The van der Waals surface area contributed by atoms with Gasteiger partial charge in [-0.05, 0) is 6.04 Å². The van der Waals surface area contributed by atoms with Crippen molar-refractivity contribution in [2.75, 3.05) is 6.61 Å². The van der Waals surface area contributed by atoms with E-state index in [0.717, 1.165) is 18.6 Å². The Morgan fingerprint density at radius 3 is 2.55 bits per heavy atom. The Kier molecular flexibility index (Phi) is 4.83. The van der Waals surface area contributed by atoms with Crippen molar-refractivity contribution < 1.29 is 17.9 Å². The average Bonchev–Trinajstić information content (AvgIpc) is 2.74. The molecule has 0 radical (unpaired) electrons. The number of fused-ring (bicyclic) bond motifs is 1. The molecule has 0 unspecified atom stereocenters. The quantitative estimate of drug-likeness (QED) is 0.455. The third-order valence-electron chi connectivity index (χ3n) is 3.14. The minimum Gasteiger partial charge on any atom is -0.361 e. The Bertz CT molecular complexity index is 667. The molecule has 4 nitrogen and oxygen atoms in total. The van der Waals surface area contributed by atoms with E-state index in [1.54, 1.807) is 0 Å². The second-order valence-corrected chi connectivity index (χ2v) is 12.2. The zero-order chi connectivity index (χ0) is 16.5. The van der Waals surface area contributed by atoms with Crippen LogP contribution in [0, 0.1) is 0 Å². The number of halogens is 4. The lowest BCUT2D eigenvalue weighted by Gasteiger charge is -2.15. The van der Waals surface area contributed by atoms with Gasteiger partial charge < -0.3 is 9.30 Å². The predicted octanol–water partition coefficient (Wildman–Crippen LogP) is 4.42. The Balaban J connectivity index is 2.26. The summed E-state index contributed by atoms with van der Waals surface area (Å²) >= 11 is 5.80. The van der Waals surface area contributed by atoms with Crippen molar-refractivity contribution in [3.63, 3.8) is 0 Å². The normalized spacial score (nSPS) is 13.0. The molecule has 0 saturated heterocycles. The van der Waals surface area contributed by atoms with E-state index in [0.29, 0.717) is 6.61 Å². The molecule has 0 N–H and O–H groups in total. The van der Waals surface area contributed by atoms with Gasteiger partial charge in [-0.25, -0.2) is 9.97 Å². The largest absolute Gasteiger partial charge is 0.418 e. The lowest BCUT2D eigenvalue weighted by Crippen LogP contribution is -2.22. The molecule has 2 aromatic rings. The highest BCUT2D eigenvalue weighted by molar-refractivity contribution is 6.76. The fourth-order valence-corrected chi connectivity index (χ4v) is 2.93. The fourth-order valence-electron chi connectivity index (χ4n) is 1.94. The standard InChI is InChI=1S/C13H17ClF3N3OSi/c1-22(2,3)5-4-21-8-20-6-9(13(15,16)17)10-11(14)18-7-19-12(10)20/h6-7H,4-5,8H2,1-3H3. The molecule has 0 atom stereocenters. The molecule has 0 aromatic carbocycles. The van der Waals surface area contributed by atoms with Crippen molar-refractivity contribution in [2.45, 2.75) is 38.6 Å². The summed E-state index contributed by atoms with van der Waals surface area (Å²) in [5.74, 6) is 0. The second kappa shape index (κ2) is 6.17. The Morgan fingerprint density at radius 2 is 1.95 bits per heavy atom. The van der Waals surface area contributed by atoms with E-state index in [4.69, 9.17) is 16.3 Å². The van der Waals surface area contributed by atoms with Gasteiger partial charge in [-0.15, -0.1) is 0 Å². The number of hydrogen-bond donors (Lipinski definition) is 0. The van der Waals surface area contributed by atoms with Crippen molar-refractivity contribution >= 4 is 30.7 Å². The zero-order valence-corrected chi connectivity index (χ0v) is 14.3. The number of hydrogen-bond acceptors (Lipinski definition) is 3. The van der Waals surface area contributed by atoms with Crippen LogP contribution in [0.4, 0.5) is 13.2 Å². The summed E-state index contributed by atoms with van der Waals surface area (Å²) in [4.78, 5) is 7.53. The summed E-state index contributed by atoms with van der Waals surface area (Å²) in [6.07, 6.45) is -2.40. The summed E-state index contributed by atoms with van der Waals surface area (Å²) in [7, 11) is -1.24. The highest BCUT2D eigenvalue weighted by Crippen LogP contribution is 2.37. The molecule has 122 valence electrons. The molecule has 0 aliphatic heterocycles. The number of ether oxygens (including phenoxy) is 1. The van der Waals surface area contributed by atoms with Gasteiger partial charge in [0.25, 0.3) is 0 Å². The van der Waals surface area contributed by atoms with Gasteiger partial charge in [0.1, 0.15) is 23.9 Å². The van der Waals surface area contributed by atoms with E-state index in [2.05, 4.69) is 29.6 Å². The minimum atomic E-state index is -4.52. The first-order chi connectivity index (χ1) is 10.1. The molecule has 0 spiro atoms. The molecule has 0 aliphatic rings. The molecule has 2 rings (SSSR count). The monoisotopic (exact) mass is 351 g/mol. The van der Waals surface area contributed by atoms with Crippen molar-refractivity contribution in [1.82, 2.24) is 14.5 Å². The molecule has 22 heavy (non-hydrogen) atoms. The van der Waals surface area contributed by atoms with E-state index >= 15 is 0 Å². The first-order valence-corrected chi connectivity index (χ1v) is 10.8. The molecule has 2 aromatic heterocycles. The SMILES string of the molecule is C[Si](C)(C)CCOCn1cc(C(F)(F)F)c2c(Cl)ncnc21. The summed E-state index contributed by atoms with van der Waals surface area (Å²) in [6.45, 7) is 7.13. The number of rotatable bonds is 5. The van der Waals surface area contributed by atoms with Crippen molar-refractivity contribution in [3.8, 4) is 0 Å². The summed E-state index contributed by atoms with van der Waals surface area (Å²) in [5, 5.41) is -0.399. The van der Waals surface area contributed by atoms with E-state index in [1.165, 1.54) is 4.57 Å². The Labute approximate surface area is 132 Å². The van der Waals surface area contributed by atoms with Crippen molar-refractivity contribution in [2.24, 2.45) is 0 Å². The summed E-state index contributed by atoms with van der Waals surface area (Å²) in [6, 6.07) is 0.939. The van der Waals surface area contributed by atoms with Crippen LogP contribution in [-0.4, -0.2) is 29.2 Å². The lowest BCUT2D eigenvalue weighted by atomic mass is 10.2. The lowest BCUT2D eigenvalue weighted by molar-refractivity contribution is -0.136. The molecule has 0 amide bonds. The van der Waals surface area contributed by atoms with Gasteiger partial charge in [0.15, 0.2) is 0 Å². The maximum atomic E-state index is 13.1. The van der Waals surface area contributed by atoms with E-state index < -0.39 is 19.8 Å². The van der Waals surface area contributed by atoms with E-state index in [-0.39, 0.29) is 22.9 Å². The average molecular weight is 352 g/mol. The van der Waals surface area contributed by atoms with Crippen LogP contribution in [0.3, 0.4) is 0 Å². The highest BCUT2D eigenvalue weighted by Gasteiger charge is 2.36. The smallest absolute Gasteiger partial charge is 0.361 e. The van der Waals surface area contributed by atoms with Gasteiger partial charge in [0, 0.05) is 20.9 Å². The summed E-state index contributed by atoms with van der Waals surface area (Å²) in [5.41, 5.74) is -0.720. The van der Waals surface area contributed by atoms with Crippen LogP contribution in [0.2, 0.25) is 30.8 Å². The third kappa shape index (κ3) is 3.99. The second-order valence-electron chi connectivity index (χ2n) is 6.22. The zero-order valence-electron chi connectivity index (χ0n) is 12.5. The molecule has 0 fully saturated rings. The van der Waals surface area contributed by atoms with Crippen LogP contribution in [-0.2, 0) is 17.6 Å². The third-order valence-corrected chi connectivity index (χ3v) is 5.13. The Hall–Kier alpha value is -1.12. The number of nitrogens with zero attached hydrogens (tertiary/aromatic N) is 3. The molecular formula is C13H17ClF3N3OSi. The summed E-state index contributed by atoms with van der Waals surface area (Å²) < 4.78 is 46.1. The van der Waals surface area contributed by atoms with Crippen LogP contribution in [0.25, 0.3) is 11.0 Å². The van der Waals surface area contributed by atoms with Crippen LogP contribution in [0.15, 0.2) is 12.5 Å². The van der Waals surface area contributed by atoms with Crippen LogP contribution < -0.4 is 0 Å². The van der Waals surface area contributed by atoms with Crippen LogP contribution in [0.1, 0.15) is 5.56 Å². The maximum Gasteiger partial charge on any atom is 0.418 e. The molecule has 0 aliphatic carbocycles. The highest BCUT2D eigenvalue weighted by atomic mass is 35.5. The predicted molar refractivity (Wildman–Crippen MR) is 81.6 cm³/mol. The van der Waals surface area contributed by atoms with Crippen LogP contribution in [0.5, 0.6) is 0 Å². The fraction of sp³-hybridized carbons (Fsp3) is 0.538. The van der Waals surface area contributed by atoms with Crippen molar-refractivity contribution in [1.29, 1.82) is 0 Å².